The predicted molar refractivity (Wildman–Crippen MR) is 76.0 cm³/mol. The number of rotatable bonds is 2. The van der Waals surface area contributed by atoms with Crippen LogP contribution in [0.15, 0.2) is 6.07 Å². The van der Waals surface area contributed by atoms with E-state index in [4.69, 9.17) is 9.47 Å². The van der Waals surface area contributed by atoms with Crippen LogP contribution >= 0.6 is 0 Å². The molecule has 1 unspecified atom stereocenters. The molecule has 2 fully saturated rings. The quantitative estimate of drug-likeness (QED) is 0.858. The molecule has 110 valence electrons. The van der Waals surface area contributed by atoms with Gasteiger partial charge in [0.05, 0.1) is 18.9 Å². The van der Waals surface area contributed by atoms with Gasteiger partial charge in [0.1, 0.15) is 17.7 Å². The summed E-state index contributed by atoms with van der Waals surface area (Å²) in [7, 11) is 0. The van der Waals surface area contributed by atoms with E-state index >= 15 is 0 Å². The van der Waals surface area contributed by atoms with Gasteiger partial charge in [-0.2, -0.15) is 0 Å². The van der Waals surface area contributed by atoms with Crippen LogP contribution in [0, 0.1) is 6.92 Å². The molecular formula is C14H22N4O2. The predicted octanol–water partition coefficient (Wildman–Crippen LogP) is 0.673. The minimum atomic E-state index is 0.0347. The van der Waals surface area contributed by atoms with Gasteiger partial charge in [-0.3, -0.25) is 0 Å². The van der Waals surface area contributed by atoms with Crippen LogP contribution < -0.4 is 10.2 Å². The number of aryl methyl sites for hydroxylation is 1. The molecule has 6 nitrogen and oxygen atoms in total. The highest BCUT2D eigenvalue weighted by Gasteiger charge is 2.20. The summed E-state index contributed by atoms with van der Waals surface area (Å²) >= 11 is 0. The van der Waals surface area contributed by atoms with Crippen molar-refractivity contribution in [2.45, 2.75) is 19.4 Å². The van der Waals surface area contributed by atoms with E-state index in [1.54, 1.807) is 0 Å². The molecule has 3 heterocycles. The molecule has 0 aromatic carbocycles. The van der Waals surface area contributed by atoms with Gasteiger partial charge in [0, 0.05) is 38.9 Å². The highest BCUT2D eigenvalue weighted by atomic mass is 16.5. The first-order chi connectivity index (χ1) is 9.83. The van der Waals surface area contributed by atoms with E-state index in [0.29, 0.717) is 0 Å². The Kier molecular flexibility index (Phi) is 4.44. The number of aromatic nitrogens is 2. The zero-order valence-electron chi connectivity index (χ0n) is 12.0. The smallest absolute Gasteiger partial charge is 0.132 e. The SMILES string of the molecule is Cc1nc(C2CNCCO2)cc(N2CCCOCC2)n1. The first-order valence-corrected chi connectivity index (χ1v) is 7.33. The molecule has 3 rings (SSSR count). The van der Waals surface area contributed by atoms with Crippen molar-refractivity contribution in [3.63, 3.8) is 0 Å². The van der Waals surface area contributed by atoms with Gasteiger partial charge in [0.25, 0.3) is 0 Å². The Morgan fingerprint density at radius 2 is 2.20 bits per heavy atom. The molecule has 1 aromatic rings. The second-order valence-corrected chi connectivity index (χ2v) is 5.21. The third kappa shape index (κ3) is 3.26. The van der Waals surface area contributed by atoms with Crippen LogP contribution in [0.4, 0.5) is 5.82 Å². The summed E-state index contributed by atoms with van der Waals surface area (Å²) in [6, 6.07) is 2.07. The second kappa shape index (κ2) is 6.47. The highest BCUT2D eigenvalue weighted by molar-refractivity contribution is 5.40. The summed E-state index contributed by atoms with van der Waals surface area (Å²) in [5.41, 5.74) is 0.977. The average molecular weight is 278 g/mol. The van der Waals surface area contributed by atoms with Crippen molar-refractivity contribution in [2.75, 3.05) is 50.9 Å². The van der Waals surface area contributed by atoms with E-state index in [2.05, 4.69) is 26.3 Å². The Morgan fingerprint density at radius 1 is 1.25 bits per heavy atom. The number of ether oxygens (including phenoxy) is 2. The van der Waals surface area contributed by atoms with Crippen LogP contribution in [0.1, 0.15) is 24.0 Å². The van der Waals surface area contributed by atoms with Crippen LogP contribution in [0.2, 0.25) is 0 Å². The lowest BCUT2D eigenvalue weighted by Gasteiger charge is -2.26. The maximum Gasteiger partial charge on any atom is 0.132 e. The molecule has 2 aliphatic heterocycles. The van der Waals surface area contributed by atoms with E-state index in [-0.39, 0.29) is 6.10 Å². The summed E-state index contributed by atoms with van der Waals surface area (Å²) in [5.74, 6) is 1.80. The minimum absolute atomic E-state index is 0.0347. The normalized spacial score (nSPS) is 24.4. The number of nitrogens with zero attached hydrogens (tertiary/aromatic N) is 3. The van der Waals surface area contributed by atoms with Crippen LogP contribution in [-0.2, 0) is 9.47 Å². The lowest BCUT2D eigenvalue weighted by atomic mass is 10.2. The van der Waals surface area contributed by atoms with Gasteiger partial charge < -0.3 is 19.7 Å². The van der Waals surface area contributed by atoms with Crippen LogP contribution in [0.25, 0.3) is 0 Å². The van der Waals surface area contributed by atoms with Crippen molar-refractivity contribution < 1.29 is 9.47 Å². The number of hydrogen-bond acceptors (Lipinski definition) is 6. The summed E-state index contributed by atoms with van der Waals surface area (Å²) < 4.78 is 11.3. The second-order valence-electron chi connectivity index (χ2n) is 5.21. The first-order valence-electron chi connectivity index (χ1n) is 7.33. The average Bonchev–Trinajstić information content (AvgIpc) is 2.77. The lowest BCUT2D eigenvalue weighted by molar-refractivity contribution is 0.0249. The zero-order valence-corrected chi connectivity index (χ0v) is 12.0. The number of morpholine rings is 1. The number of hydrogen-bond donors (Lipinski definition) is 1. The van der Waals surface area contributed by atoms with Gasteiger partial charge in [-0.25, -0.2) is 9.97 Å². The Hall–Kier alpha value is -1.24. The molecule has 6 heteroatoms. The third-order valence-corrected chi connectivity index (χ3v) is 3.65. The minimum Gasteiger partial charge on any atom is -0.380 e. The van der Waals surface area contributed by atoms with Crippen LogP contribution in [0.3, 0.4) is 0 Å². The van der Waals surface area contributed by atoms with Gasteiger partial charge >= 0.3 is 0 Å². The van der Waals surface area contributed by atoms with E-state index in [1.807, 2.05) is 6.92 Å². The van der Waals surface area contributed by atoms with Crippen molar-refractivity contribution in [2.24, 2.45) is 0 Å². The summed E-state index contributed by atoms with van der Waals surface area (Å²) in [5, 5.41) is 3.34. The molecule has 2 saturated heterocycles. The van der Waals surface area contributed by atoms with Gasteiger partial charge in [0.15, 0.2) is 0 Å². The van der Waals surface area contributed by atoms with Crippen LogP contribution in [-0.4, -0.2) is 56.0 Å². The molecule has 0 aliphatic carbocycles. The fraction of sp³-hybridized carbons (Fsp3) is 0.714. The zero-order chi connectivity index (χ0) is 13.8. The molecule has 0 saturated carbocycles. The molecule has 1 atom stereocenters. The molecule has 1 aromatic heterocycles. The summed E-state index contributed by atoms with van der Waals surface area (Å²) in [6.45, 7) is 7.89. The Bertz CT molecular complexity index is 441. The van der Waals surface area contributed by atoms with Gasteiger partial charge in [-0.15, -0.1) is 0 Å². The Labute approximate surface area is 119 Å². The van der Waals surface area contributed by atoms with E-state index < -0.39 is 0 Å². The fourth-order valence-electron chi connectivity index (χ4n) is 2.63. The van der Waals surface area contributed by atoms with E-state index in [9.17, 15) is 0 Å². The Balaban J connectivity index is 1.81. The molecule has 20 heavy (non-hydrogen) atoms. The largest absolute Gasteiger partial charge is 0.380 e. The van der Waals surface area contributed by atoms with Crippen molar-refractivity contribution in [1.82, 2.24) is 15.3 Å². The monoisotopic (exact) mass is 278 g/mol. The summed E-state index contributed by atoms with van der Waals surface area (Å²) in [4.78, 5) is 11.4. The van der Waals surface area contributed by atoms with Crippen LogP contribution in [0.5, 0.6) is 0 Å². The maximum atomic E-state index is 5.79. The molecular weight excluding hydrogens is 256 g/mol. The molecule has 1 N–H and O–H groups in total. The van der Waals surface area contributed by atoms with E-state index in [1.165, 1.54) is 0 Å². The standard InChI is InChI=1S/C14H22N4O2/c1-11-16-12(13-10-15-3-7-20-13)9-14(17-11)18-4-2-6-19-8-5-18/h9,13,15H,2-8,10H2,1H3. The van der Waals surface area contributed by atoms with Crippen molar-refractivity contribution in [1.29, 1.82) is 0 Å². The van der Waals surface area contributed by atoms with Gasteiger partial charge in [-0.1, -0.05) is 0 Å². The topological polar surface area (TPSA) is 59.5 Å². The highest BCUT2D eigenvalue weighted by Crippen LogP contribution is 2.22. The van der Waals surface area contributed by atoms with Gasteiger partial charge in [-0.05, 0) is 13.3 Å². The molecule has 0 spiro atoms. The molecule has 0 bridgehead atoms. The third-order valence-electron chi connectivity index (χ3n) is 3.65. The molecule has 2 aliphatic rings. The van der Waals surface area contributed by atoms with Gasteiger partial charge in [0.2, 0.25) is 0 Å². The number of nitrogens with one attached hydrogen (secondary N) is 1. The lowest BCUT2D eigenvalue weighted by Crippen LogP contribution is -2.34. The van der Waals surface area contributed by atoms with E-state index in [0.717, 1.165) is 69.8 Å². The van der Waals surface area contributed by atoms with Crippen molar-refractivity contribution in [3.8, 4) is 0 Å². The Morgan fingerprint density at radius 3 is 3.05 bits per heavy atom. The van der Waals surface area contributed by atoms with Crippen molar-refractivity contribution >= 4 is 5.82 Å². The fourth-order valence-corrected chi connectivity index (χ4v) is 2.63. The van der Waals surface area contributed by atoms with Crippen molar-refractivity contribution in [3.05, 3.63) is 17.6 Å². The molecule has 0 radical (unpaired) electrons. The summed E-state index contributed by atoms with van der Waals surface area (Å²) in [6.07, 6.45) is 1.08. The molecule has 0 amide bonds. The number of anilines is 1. The maximum absolute atomic E-state index is 5.79. The first kappa shape index (κ1) is 13.7.